The average Bonchev–Trinajstić information content (AvgIpc) is 2.17. The largest absolute Gasteiger partial charge is 0.416 e. The van der Waals surface area contributed by atoms with Gasteiger partial charge >= 0.3 is 6.18 Å². The lowest BCUT2D eigenvalue weighted by Gasteiger charge is -2.15. The van der Waals surface area contributed by atoms with Crippen molar-refractivity contribution < 1.29 is 13.2 Å². The summed E-state index contributed by atoms with van der Waals surface area (Å²) in [5.41, 5.74) is -0.0929. The van der Waals surface area contributed by atoms with Gasteiger partial charge in [-0.3, -0.25) is 0 Å². The molecule has 0 aliphatic rings. The maximum absolute atomic E-state index is 12.6. The summed E-state index contributed by atoms with van der Waals surface area (Å²) in [6.45, 7) is 3.95. The first-order chi connectivity index (χ1) is 6.95. The van der Waals surface area contributed by atoms with E-state index in [4.69, 9.17) is 0 Å². The molecule has 0 bridgehead atoms. The summed E-state index contributed by atoms with van der Waals surface area (Å²) >= 11 is 0. The van der Waals surface area contributed by atoms with Crippen molar-refractivity contribution >= 4 is 0 Å². The lowest BCUT2D eigenvalue weighted by atomic mass is 9.95. The van der Waals surface area contributed by atoms with Crippen LogP contribution in [0.3, 0.4) is 0 Å². The van der Waals surface area contributed by atoms with Crippen LogP contribution in [0.15, 0.2) is 24.3 Å². The second-order valence-electron chi connectivity index (χ2n) is 3.87. The van der Waals surface area contributed by atoms with Crippen molar-refractivity contribution in [3.8, 4) is 0 Å². The lowest BCUT2D eigenvalue weighted by molar-refractivity contribution is -0.138. The van der Waals surface area contributed by atoms with Crippen LogP contribution in [0.4, 0.5) is 13.2 Å². The maximum atomic E-state index is 12.6. The van der Waals surface area contributed by atoms with Crippen LogP contribution in [0.5, 0.6) is 0 Å². The van der Waals surface area contributed by atoms with Gasteiger partial charge in [0, 0.05) is 0 Å². The second kappa shape index (κ2) is 4.69. The van der Waals surface area contributed by atoms with Crippen LogP contribution < -0.4 is 0 Å². The minimum atomic E-state index is -4.23. The summed E-state index contributed by atoms with van der Waals surface area (Å²) in [6.07, 6.45) is -2.84. The molecule has 0 spiro atoms. The first kappa shape index (κ1) is 12.1. The van der Waals surface area contributed by atoms with E-state index < -0.39 is 11.7 Å². The molecule has 1 aromatic carbocycles. The minimum Gasteiger partial charge on any atom is -0.166 e. The Kier molecular flexibility index (Phi) is 3.77. The molecule has 1 unspecified atom stereocenters. The number of hydrogen-bond donors (Lipinski definition) is 0. The number of benzene rings is 1. The van der Waals surface area contributed by atoms with Crippen LogP contribution >= 0.6 is 0 Å². The molecule has 1 aromatic rings. The average molecular weight is 216 g/mol. The van der Waals surface area contributed by atoms with Crippen LogP contribution in [0.1, 0.15) is 31.4 Å². The van der Waals surface area contributed by atoms with Gasteiger partial charge in [-0.15, -0.1) is 0 Å². The molecular weight excluding hydrogens is 201 g/mol. The standard InChI is InChI=1S/C12H15F3/c1-3-9(2)8-10-6-4-5-7-11(10)12(13,14)15/h4-7,9H,3,8H2,1-2H3. The fraction of sp³-hybridized carbons (Fsp3) is 0.500. The highest BCUT2D eigenvalue weighted by Crippen LogP contribution is 2.32. The van der Waals surface area contributed by atoms with Gasteiger partial charge in [0.25, 0.3) is 0 Å². The Labute approximate surface area is 88.1 Å². The summed E-state index contributed by atoms with van der Waals surface area (Å²) in [4.78, 5) is 0. The van der Waals surface area contributed by atoms with Crippen molar-refractivity contribution in [2.75, 3.05) is 0 Å². The van der Waals surface area contributed by atoms with Gasteiger partial charge in [-0.25, -0.2) is 0 Å². The zero-order valence-corrected chi connectivity index (χ0v) is 8.93. The Balaban J connectivity index is 2.97. The van der Waals surface area contributed by atoms with E-state index >= 15 is 0 Å². The van der Waals surface area contributed by atoms with Gasteiger partial charge in [0.05, 0.1) is 5.56 Å². The van der Waals surface area contributed by atoms with Gasteiger partial charge in [-0.05, 0) is 24.0 Å². The molecular formula is C12H15F3. The third-order valence-corrected chi connectivity index (χ3v) is 2.59. The number of rotatable bonds is 3. The molecule has 0 fully saturated rings. The molecule has 1 rings (SSSR count). The number of halogens is 3. The van der Waals surface area contributed by atoms with E-state index in [1.165, 1.54) is 6.07 Å². The normalized spacial score (nSPS) is 13.9. The Hall–Kier alpha value is -0.990. The van der Waals surface area contributed by atoms with Gasteiger partial charge in [0.2, 0.25) is 0 Å². The third kappa shape index (κ3) is 3.26. The third-order valence-electron chi connectivity index (χ3n) is 2.59. The predicted octanol–water partition coefficient (Wildman–Crippen LogP) is 4.29. The summed E-state index contributed by atoms with van der Waals surface area (Å²) < 4.78 is 37.8. The van der Waals surface area contributed by atoms with Crippen molar-refractivity contribution in [1.29, 1.82) is 0 Å². The number of hydrogen-bond acceptors (Lipinski definition) is 0. The summed E-state index contributed by atoms with van der Waals surface area (Å²) in [6, 6.07) is 5.81. The van der Waals surface area contributed by atoms with Crippen LogP contribution in [0.25, 0.3) is 0 Å². The molecule has 0 amide bonds. The molecule has 0 heterocycles. The molecule has 0 saturated heterocycles. The Bertz CT molecular complexity index is 315. The van der Waals surface area contributed by atoms with E-state index in [-0.39, 0.29) is 5.92 Å². The Morgan fingerprint density at radius 1 is 1.20 bits per heavy atom. The highest BCUT2D eigenvalue weighted by atomic mass is 19.4. The summed E-state index contributed by atoms with van der Waals surface area (Å²) in [7, 11) is 0. The van der Waals surface area contributed by atoms with Crippen LogP contribution in [-0.4, -0.2) is 0 Å². The molecule has 0 N–H and O–H groups in total. The maximum Gasteiger partial charge on any atom is 0.416 e. The van der Waals surface area contributed by atoms with Crippen LogP contribution in [0.2, 0.25) is 0 Å². The molecule has 84 valence electrons. The molecule has 0 radical (unpaired) electrons. The van der Waals surface area contributed by atoms with E-state index in [0.29, 0.717) is 12.0 Å². The van der Waals surface area contributed by atoms with Crippen LogP contribution in [0, 0.1) is 5.92 Å². The van der Waals surface area contributed by atoms with E-state index in [1.807, 2.05) is 13.8 Å². The first-order valence-electron chi connectivity index (χ1n) is 5.10. The van der Waals surface area contributed by atoms with Crippen LogP contribution in [-0.2, 0) is 12.6 Å². The zero-order valence-electron chi connectivity index (χ0n) is 8.93. The smallest absolute Gasteiger partial charge is 0.166 e. The molecule has 0 aliphatic carbocycles. The highest BCUT2D eigenvalue weighted by Gasteiger charge is 2.32. The van der Waals surface area contributed by atoms with Gasteiger partial charge in [-0.2, -0.15) is 13.2 Å². The fourth-order valence-corrected chi connectivity index (χ4v) is 1.49. The lowest BCUT2D eigenvalue weighted by Crippen LogP contribution is -2.11. The predicted molar refractivity (Wildman–Crippen MR) is 54.6 cm³/mol. The highest BCUT2D eigenvalue weighted by molar-refractivity contribution is 5.29. The van der Waals surface area contributed by atoms with Crippen molar-refractivity contribution in [2.45, 2.75) is 32.9 Å². The number of alkyl halides is 3. The van der Waals surface area contributed by atoms with Crippen molar-refractivity contribution in [2.24, 2.45) is 5.92 Å². The molecule has 1 atom stereocenters. The summed E-state index contributed by atoms with van der Waals surface area (Å²) in [5.74, 6) is 0.286. The zero-order chi connectivity index (χ0) is 11.5. The van der Waals surface area contributed by atoms with Crippen molar-refractivity contribution in [3.63, 3.8) is 0 Å². The topological polar surface area (TPSA) is 0 Å². The Morgan fingerprint density at radius 2 is 1.80 bits per heavy atom. The fourth-order valence-electron chi connectivity index (χ4n) is 1.49. The van der Waals surface area contributed by atoms with E-state index in [0.717, 1.165) is 12.5 Å². The van der Waals surface area contributed by atoms with Crippen molar-refractivity contribution in [3.05, 3.63) is 35.4 Å². The molecule has 0 aliphatic heterocycles. The van der Waals surface area contributed by atoms with Gasteiger partial charge in [0.15, 0.2) is 0 Å². The molecule has 0 saturated carbocycles. The molecule has 3 heteroatoms. The van der Waals surface area contributed by atoms with E-state index in [2.05, 4.69) is 0 Å². The summed E-state index contributed by atoms with van der Waals surface area (Å²) in [5, 5.41) is 0. The van der Waals surface area contributed by atoms with Crippen molar-refractivity contribution in [1.82, 2.24) is 0 Å². The minimum absolute atomic E-state index is 0.286. The monoisotopic (exact) mass is 216 g/mol. The van der Waals surface area contributed by atoms with E-state index in [9.17, 15) is 13.2 Å². The SMILES string of the molecule is CCC(C)Cc1ccccc1C(F)(F)F. The second-order valence-corrected chi connectivity index (χ2v) is 3.87. The van der Waals surface area contributed by atoms with Gasteiger partial charge in [-0.1, -0.05) is 38.5 Å². The Morgan fingerprint density at radius 3 is 2.33 bits per heavy atom. The van der Waals surface area contributed by atoms with Gasteiger partial charge in [0.1, 0.15) is 0 Å². The van der Waals surface area contributed by atoms with E-state index in [1.54, 1.807) is 12.1 Å². The molecule has 0 aromatic heterocycles. The molecule has 15 heavy (non-hydrogen) atoms. The van der Waals surface area contributed by atoms with Gasteiger partial charge < -0.3 is 0 Å². The quantitative estimate of drug-likeness (QED) is 0.706. The molecule has 0 nitrogen and oxygen atoms in total. The first-order valence-corrected chi connectivity index (χ1v) is 5.10.